The van der Waals surface area contributed by atoms with Gasteiger partial charge in [-0.15, -0.1) is 23.1 Å². The monoisotopic (exact) mass is 434 g/mol. The van der Waals surface area contributed by atoms with Gasteiger partial charge < -0.3 is 10.0 Å². The lowest BCUT2D eigenvalue weighted by Crippen LogP contribution is -2.41. The number of fused-ring (bicyclic) bond motifs is 2. The van der Waals surface area contributed by atoms with Crippen LogP contribution in [0.1, 0.15) is 22.6 Å². The summed E-state index contributed by atoms with van der Waals surface area (Å²) in [6.07, 6.45) is -0.310. The first-order valence-electron chi connectivity index (χ1n) is 8.79. The van der Waals surface area contributed by atoms with Gasteiger partial charge in [0, 0.05) is 4.90 Å². The van der Waals surface area contributed by atoms with Gasteiger partial charge in [-0.05, 0) is 49.2 Å². The number of rotatable bonds is 4. The highest BCUT2D eigenvalue weighted by Gasteiger charge is 2.36. The van der Waals surface area contributed by atoms with Crippen molar-refractivity contribution in [2.24, 2.45) is 0 Å². The van der Waals surface area contributed by atoms with Gasteiger partial charge in [-0.2, -0.15) is 0 Å². The average molecular weight is 434 g/mol. The van der Waals surface area contributed by atoms with Crippen LogP contribution in [-0.4, -0.2) is 27.2 Å². The maximum atomic E-state index is 14.0. The van der Waals surface area contributed by atoms with Crippen LogP contribution in [0.2, 0.25) is 0 Å². The third-order valence-electron chi connectivity index (χ3n) is 4.82. The van der Waals surface area contributed by atoms with Crippen LogP contribution >= 0.6 is 23.1 Å². The molecule has 29 heavy (non-hydrogen) atoms. The van der Waals surface area contributed by atoms with E-state index >= 15 is 0 Å². The zero-order valence-electron chi connectivity index (χ0n) is 15.5. The van der Waals surface area contributed by atoms with E-state index in [4.69, 9.17) is 0 Å². The standard InChI is InChI=1S/C20H16F2N2O3S2/c1-9-5-13-14(6-10(9)2)28-15(7-17(25)26)20(27)24(13)8-16-23-18-11(21)3-4-12(22)19(18)29-16/h3-6,15H,7-8H2,1-2H3,(H,25,26). The molecule has 150 valence electrons. The number of amides is 1. The summed E-state index contributed by atoms with van der Waals surface area (Å²) in [6.45, 7) is 3.89. The van der Waals surface area contributed by atoms with Crippen LogP contribution in [0.25, 0.3) is 10.2 Å². The van der Waals surface area contributed by atoms with Crippen molar-refractivity contribution in [1.29, 1.82) is 0 Å². The van der Waals surface area contributed by atoms with E-state index in [1.54, 1.807) is 0 Å². The predicted octanol–water partition coefficient (Wildman–Crippen LogP) is 4.67. The SMILES string of the molecule is Cc1cc2c(cc1C)N(Cc1nc3c(F)ccc(F)c3s1)C(=O)C(CC(=O)O)S2. The highest BCUT2D eigenvalue weighted by Crippen LogP contribution is 2.43. The molecule has 4 rings (SSSR count). The summed E-state index contributed by atoms with van der Waals surface area (Å²) in [5.74, 6) is -2.61. The average Bonchev–Trinajstić information content (AvgIpc) is 3.09. The van der Waals surface area contributed by atoms with Crippen molar-refractivity contribution in [3.8, 4) is 0 Å². The molecule has 1 amide bonds. The van der Waals surface area contributed by atoms with Crippen molar-refractivity contribution in [1.82, 2.24) is 4.98 Å². The summed E-state index contributed by atoms with van der Waals surface area (Å²) in [4.78, 5) is 30.7. The van der Waals surface area contributed by atoms with Crippen molar-refractivity contribution >= 4 is 50.9 Å². The number of nitrogens with zero attached hydrogens (tertiary/aromatic N) is 2. The smallest absolute Gasteiger partial charge is 0.305 e. The van der Waals surface area contributed by atoms with Gasteiger partial charge in [0.15, 0.2) is 5.82 Å². The number of carbonyl (C=O) groups excluding carboxylic acids is 1. The first kappa shape index (κ1) is 19.8. The lowest BCUT2D eigenvalue weighted by molar-refractivity contribution is -0.138. The first-order chi connectivity index (χ1) is 13.7. The van der Waals surface area contributed by atoms with E-state index in [-0.39, 0.29) is 29.1 Å². The van der Waals surface area contributed by atoms with Gasteiger partial charge in [0.25, 0.3) is 0 Å². The largest absolute Gasteiger partial charge is 0.481 e. The number of thiazole rings is 1. The van der Waals surface area contributed by atoms with Crippen molar-refractivity contribution in [2.45, 2.75) is 37.0 Å². The van der Waals surface area contributed by atoms with Crippen LogP contribution < -0.4 is 4.90 Å². The van der Waals surface area contributed by atoms with Gasteiger partial charge in [0.05, 0.1) is 28.6 Å². The van der Waals surface area contributed by atoms with Crippen LogP contribution in [0.4, 0.5) is 14.5 Å². The Morgan fingerprint density at radius 1 is 1.21 bits per heavy atom. The van der Waals surface area contributed by atoms with Gasteiger partial charge >= 0.3 is 5.97 Å². The number of hydrogen-bond donors (Lipinski definition) is 1. The second-order valence-electron chi connectivity index (χ2n) is 6.85. The molecule has 0 spiro atoms. The molecule has 0 fully saturated rings. The Hall–Kier alpha value is -2.52. The number of halogens is 2. The fourth-order valence-electron chi connectivity index (χ4n) is 3.22. The number of aromatic nitrogens is 1. The van der Waals surface area contributed by atoms with Crippen molar-refractivity contribution < 1.29 is 23.5 Å². The Bertz CT molecular complexity index is 1120. The first-order valence-corrected chi connectivity index (χ1v) is 10.5. The van der Waals surface area contributed by atoms with E-state index in [1.807, 2.05) is 26.0 Å². The van der Waals surface area contributed by atoms with Crippen LogP contribution in [-0.2, 0) is 16.1 Å². The highest BCUT2D eigenvalue weighted by molar-refractivity contribution is 8.01. The summed E-state index contributed by atoms with van der Waals surface area (Å²) in [6, 6.07) is 5.88. The van der Waals surface area contributed by atoms with E-state index in [0.29, 0.717) is 10.7 Å². The fourth-order valence-corrected chi connectivity index (χ4v) is 5.49. The van der Waals surface area contributed by atoms with E-state index < -0.39 is 22.9 Å². The molecule has 1 atom stereocenters. The minimum Gasteiger partial charge on any atom is -0.481 e. The molecule has 0 bridgehead atoms. The molecule has 3 aromatic rings. The molecule has 1 N–H and O–H groups in total. The Kier molecular flexibility index (Phi) is 5.04. The van der Waals surface area contributed by atoms with Crippen molar-refractivity contribution in [2.75, 3.05) is 4.90 Å². The number of carboxylic acids is 1. The Balaban J connectivity index is 1.78. The molecular formula is C20H16F2N2O3S2. The molecule has 0 saturated heterocycles. The van der Waals surface area contributed by atoms with Gasteiger partial charge in [0.1, 0.15) is 16.3 Å². The van der Waals surface area contributed by atoms with E-state index in [0.717, 1.165) is 39.5 Å². The zero-order valence-corrected chi connectivity index (χ0v) is 17.2. The molecule has 9 heteroatoms. The molecule has 0 aliphatic carbocycles. The number of benzene rings is 2. The third kappa shape index (κ3) is 3.60. The Labute approximate surface area is 173 Å². The summed E-state index contributed by atoms with van der Waals surface area (Å²) < 4.78 is 28.1. The highest BCUT2D eigenvalue weighted by atomic mass is 32.2. The summed E-state index contributed by atoms with van der Waals surface area (Å²) in [5, 5.41) is 8.79. The molecule has 5 nitrogen and oxygen atoms in total. The van der Waals surface area contributed by atoms with Crippen molar-refractivity contribution in [3.05, 3.63) is 52.0 Å². The molecule has 1 aliphatic rings. The number of aliphatic carboxylic acids is 1. The Morgan fingerprint density at radius 3 is 2.59 bits per heavy atom. The van der Waals surface area contributed by atoms with Crippen molar-refractivity contribution in [3.63, 3.8) is 0 Å². The number of carbonyl (C=O) groups is 2. The number of aryl methyl sites for hydroxylation is 2. The molecule has 0 saturated carbocycles. The molecule has 1 aliphatic heterocycles. The summed E-state index contributed by atoms with van der Waals surface area (Å²) in [7, 11) is 0. The fraction of sp³-hybridized carbons (Fsp3) is 0.250. The topological polar surface area (TPSA) is 70.5 Å². The number of thioether (sulfide) groups is 1. The second-order valence-corrected chi connectivity index (χ2v) is 9.18. The van der Waals surface area contributed by atoms with Gasteiger partial charge in [-0.1, -0.05) is 0 Å². The summed E-state index contributed by atoms with van der Waals surface area (Å²) in [5.41, 5.74) is 2.61. The van der Waals surface area contributed by atoms with Crippen LogP contribution in [0.3, 0.4) is 0 Å². The molecule has 0 radical (unpaired) electrons. The van der Waals surface area contributed by atoms with Crippen LogP contribution in [0.5, 0.6) is 0 Å². The van der Waals surface area contributed by atoms with Crippen LogP contribution in [0.15, 0.2) is 29.2 Å². The van der Waals surface area contributed by atoms with E-state index in [2.05, 4.69) is 4.98 Å². The summed E-state index contributed by atoms with van der Waals surface area (Å²) >= 11 is 2.22. The van der Waals surface area contributed by atoms with E-state index in [1.165, 1.54) is 16.7 Å². The molecule has 2 heterocycles. The normalized spacial score (nSPS) is 16.3. The number of hydrogen-bond acceptors (Lipinski definition) is 5. The van der Waals surface area contributed by atoms with Gasteiger partial charge in [-0.25, -0.2) is 13.8 Å². The molecule has 1 aromatic heterocycles. The predicted molar refractivity (Wildman–Crippen MR) is 109 cm³/mol. The number of anilines is 1. The van der Waals surface area contributed by atoms with Gasteiger partial charge in [-0.3, -0.25) is 9.59 Å². The quantitative estimate of drug-likeness (QED) is 0.646. The van der Waals surface area contributed by atoms with Crippen LogP contribution in [0, 0.1) is 25.5 Å². The molecular weight excluding hydrogens is 418 g/mol. The lowest BCUT2D eigenvalue weighted by Gasteiger charge is -2.33. The molecule has 2 aromatic carbocycles. The zero-order chi connectivity index (χ0) is 20.9. The number of carboxylic acid groups (broad SMARTS) is 1. The van der Waals surface area contributed by atoms with E-state index in [9.17, 15) is 23.5 Å². The third-order valence-corrected chi connectivity index (χ3v) is 7.10. The Morgan fingerprint density at radius 2 is 1.90 bits per heavy atom. The second kappa shape index (κ2) is 7.38. The maximum absolute atomic E-state index is 14.0. The van der Waals surface area contributed by atoms with Gasteiger partial charge in [0.2, 0.25) is 5.91 Å². The minimum absolute atomic E-state index is 0.0171. The maximum Gasteiger partial charge on any atom is 0.305 e. The molecule has 1 unspecified atom stereocenters. The lowest BCUT2D eigenvalue weighted by atomic mass is 10.1. The minimum atomic E-state index is -1.06.